The van der Waals surface area contributed by atoms with Crippen LogP contribution in [0.2, 0.25) is 0 Å². The van der Waals surface area contributed by atoms with Crippen LogP contribution >= 0.6 is 0 Å². The zero-order valence-corrected chi connectivity index (χ0v) is 12.9. The van der Waals surface area contributed by atoms with E-state index in [1.807, 2.05) is 37.3 Å². The van der Waals surface area contributed by atoms with Crippen LogP contribution in [-0.4, -0.2) is 20.0 Å². The van der Waals surface area contributed by atoms with Gasteiger partial charge in [-0.15, -0.1) is 0 Å². The predicted octanol–water partition coefficient (Wildman–Crippen LogP) is 3.33. The molecule has 0 N–H and O–H groups in total. The monoisotopic (exact) mass is 298 g/mol. The van der Waals surface area contributed by atoms with Gasteiger partial charge in [-0.1, -0.05) is 12.1 Å². The summed E-state index contributed by atoms with van der Waals surface area (Å²) in [5.41, 5.74) is 1.38. The Morgan fingerprint density at radius 1 is 1.00 bits per heavy atom. The van der Waals surface area contributed by atoms with E-state index in [-0.39, 0.29) is 5.78 Å². The first-order chi connectivity index (χ1) is 10.6. The van der Waals surface area contributed by atoms with Gasteiger partial charge in [0, 0.05) is 5.56 Å². The van der Waals surface area contributed by atoms with Gasteiger partial charge in [-0.25, -0.2) is 0 Å². The van der Waals surface area contributed by atoms with E-state index in [1.54, 1.807) is 26.4 Å². The molecule has 0 saturated heterocycles. The van der Waals surface area contributed by atoms with E-state index in [4.69, 9.17) is 14.2 Å². The van der Waals surface area contributed by atoms with Gasteiger partial charge in [-0.2, -0.15) is 0 Å². The first-order valence-corrected chi connectivity index (χ1v) is 7.08. The van der Waals surface area contributed by atoms with Crippen LogP contribution in [0.15, 0.2) is 42.5 Å². The number of carbonyl (C=O) groups is 1. The quantitative estimate of drug-likeness (QED) is 0.872. The first kappa shape index (κ1) is 14.6. The molecule has 1 heterocycles. The van der Waals surface area contributed by atoms with Gasteiger partial charge < -0.3 is 14.2 Å². The molecule has 2 aromatic rings. The third kappa shape index (κ3) is 2.25. The number of benzene rings is 2. The van der Waals surface area contributed by atoms with Crippen molar-refractivity contribution in [2.75, 3.05) is 14.2 Å². The minimum atomic E-state index is -0.978. The Kier molecular flexibility index (Phi) is 3.62. The largest absolute Gasteiger partial charge is 0.497 e. The molecule has 0 aliphatic carbocycles. The molecule has 4 nitrogen and oxygen atoms in total. The molecule has 0 aromatic heterocycles. The van der Waals surface area contributed by atoms with E-state index in [9.17, 15) is 4.79 Å². The fourth-order valence-corrected chi connectivity index (χ4v) is 2.71. The van der Waals surface area contributed by atoms with E-state index in [0.717, 1.165) is 22.6 Å². The predicted molar refractivity (Wildman–Crippen MR) is 82.5 cm³/mol. The Labute approximate surface area is 129 Å². The lowest BCUT2D eigenvalue weighted by Gasteiger charge is -2.34. The number of Topliss-reactive ketones (excluding diaryl/α,β-unsaturated/α-hetero) is 1. The molecule has 4 heteroatoms. The fourth-order valence-electron chi connectivity index (χ4n) is 2.71. The summed E-state index contributed by atoms with van der Waals surface area (Å²) in [6.07, 6.45) is 0. The maximum atomic E-state index is 12.9. The summed E-state index contributed by atoms with van der Waals surface area (Å²) in [5, 5.41) is 0. The van der Waals surface area contributed by atoms with Gasteiger partial charge >= 0.3 is 0 Å². The van der Waals surface area contributed by atoms with Crippen LogP contribution in [0.4, 0.5) is 0 Å². The summed E-state index contributed by atoms with van der Waals surface area (Å²) >= 11 is 0. The highest BCUT2D eigenvalue weighted by Crippen LogP contribution is 2.37. The molecule has 0 radical (unpaired) electrons. The van der Waals surface area contributed by atoms with E-state index >= 15 is 0 Å². The standard InChI is InChI=1S/C18H18O4/c1-18(13-4-6-14(20-2)7-5-13)17(19)16-9-8-15(21-3)10-12(16)11-22-18/h4-10H,11H2,1-3H3. The Morgan fingerprint density at radius 2 is 1.64 bits per heavy atom. The van der Waals surface area contributed by atoms with Crippen LogP contribution in [0.5, 0.6) is 11.5 Å². The molecule has 3 rings (SSSR count). The second kappa shape index (κ2) is 5.46. The van der Waals surface area contributed by atoms with Crippen LogP contribution in [0.1, 0.15) is 28.4 Å². The lowest BCUT2D eigenvalue weighted by molar-refractivity contribution is -0.0354. The smallest absolute Gasteiger partial charge is 0.199 e. The van der Waals surface area contributed by atoms with Gasteiger partial charge in [0.2, 0.25) is 0 Å². The zero-order valence-electron chi connectivity index (χ0n) is 12.9. The number of carbonyl (C=O) groups excluding carboxylic acids is 1. The van der Waals surface area contributed by atoms with Gasteiger partial charge in [-0.3, -0.25) is 4.79 Å². The molecular formula is C18H18O4. The van der Waals surface area contributed by atoms with Crippen molar-refractivity contribution in [2.45, 2.75) is 19.1 Å². The molecule has 2 aromatic carbocycles. The molecule has 0 saturated carbocycles. The van der Waals surface area contributed by atoms with Gasteiger partial charge in [-0.05, 0) is 48.4 Å². The number of hydrogen-bond donors (Lipinski definition) is 0. The van der Waals surface area contributed by atoms with Gasteiger partial charge in [0.15, 0.2) is 11.4 Å². The summed E-state index contributed by atoms with van der Waals surface area (Å²) in [6.45, 7) is 2.19. The Bertz CT molecular complexity index is 706. The molecular weight excluding hydrogens is 280 g/mol. The summed E-state index contributed by atoms with van der Waals surface area (Å²) in [6, 6.07) is 12.9. The van der Waals surface area contributed by atoms with Crippen LogP contribution in [0, 0.1) is 0 Å². The highest BCUT2D eigenvalue weighted by Gasteiger charge is 2.41. The van der Waals surface area contributed by atoms with E-state index in [0.29, 0.717) is 12.2 Å². The molecule has 22 heavy (non-hydrogen) atoms. The second-order valence-corrected chi connectivity index (χ2v) is 5.40. The van der Waals surface area contributed by atoms with Gasteiger partial charge in [0.25, 0.3) is 0 Å². The molecule has 0 amide bonds. The Hall–Kier alpha value is -2.33. The molecule has 0 spiro atoms. The highest BCUT2D eigenvalue weighted by atomic mass is 16.5. The third-order valence-corrected chi connectivity index (χ3v) is 4.15. The van der Waals surface area contributed by atoms with Crippen molar-refractivity contribution >= 4 is 5.78 Å². The number of methoxy groups -OCH3 is 2. The van der Waals surface area contributed by atoms with Crippen LogP contribution in [0.25, 0.3) is 0 Å². The van der Waals surface area contributed by atoms with Gasteiger partial charge in [0.1, 0.15) is 11.5 Å². The van der Waals surface area contributed by atoms with Crippen molar-refractivity contribution in [3.8, 4) is 11.5 Å². The summed E-state index contributed by atoms with van der Waals surface area (Å²) in [5.74, 6) is 1.44. The number of ketones is 1. The normalized spacial score (nSPS) is 20.4. The minimum absolute atomic E-state index is 0.0402. The number of fused-ring (bicyclic) bond motifs is 1. The Morgan fingerprint density at radius 3 is 2.27 bits per heavy atom. The number of hydrogen-bond acceptors (Lipinski definition) is 4. The van der Waals surface area contributed by atoms with Crippen LogP contribution in [-0.2, 0) is 16.9 Å². The zero-order chi connectivity index (χ0) is 15.7. The van der Waals surface area contributed by atoms with Gasteiger partial charge in [0.05, 0.1) is 20.8 Å². The molecule has 1 aliphatic heterocycles. The SMILES string of the molecule is COc1ccc(C2(C)OCc3cc(OC)ccc3C2=O)cc1. The van der Waals surface area contributed by atoms with Crippen molar-refractivity contribution in [2.24, 2.45) is 0 Å². The lowest BCUT2D eigenvalue weighted by Crippen LogP contribution is -2.39. The third-order valence-electron chi connectivity index (χ3n) is 4.15. The molecule has 114 valence electrons. The van der Waals surface area contributed by atoms with Crippen molar-refractivity contribution in [3.05, 3.63) is 59.2 Å². The van der Waals surface area contributed by atoms with Crippen molar-refractivity contribution in [1.82, 2.24) is 0 Å². The molecule has 1 unspecified atom stereocenters. The lowest BCUT2D eigenvalue weighted by atomic mass is 9.83. The molecule has 1 aliphatic rings. The van der Waals surface area contributed by atoms with E-state index in [2.05, 4.69) is 0 Å². The average molecular weight is 298 g/mol. The minimum Gasteiger partial charge on any atom is -0.497 e. The fraction of sp³-hybridized carbons (Fsp3) is 0.278. The molecule has 1 atom stereocenters. The first-order valence-electron chi connectivity index (χ1n) is 7.08. The maximum Gasteiger partial charge on any atom is 0.199 e. The van der Waals surface area contributed by atoms with Crippen LogP contribution < -0.4 is 9.47 Å². The topological polar surface area (TPSA) is 44.8 Å². The number of rotatable bonds is 3. The van der Waals surface area contributed by atoms with Crippen molar-refractivity contribution in [3.63, 3.8) is 0 Å². The van der Waals surface area contributed by atoms with E-state index in [1.165, 1.54) is 0 Å². The maximum absolute atomic E-state index is 12.9. The van der Waals surface area contributed by atoms with Crippen LogP contribution in [0.3, 0.4) is 0 Å². The van der Waals surface area contributed by atoms with E-state index < -0.39 is 5.60 Å². The number of ether oxygens (including phenoxy) is 3. The Balaban J connectivity index is 1.99. The second-order valence-electron chi connectivity index (χ2n) is 5.40. The molecule has 0 bridgehead atoms. The summed E-state index contributed by atoms with van der Waals surface area (Å²) in [4.78, 5) is 12.9. The van der Waals surface area contributed by atoms with Crippen molar-refractivity contribution < 1.29 is 19.0 Å². The molecule has 0 fully saturated rings. The highest BCUT2D eigenvalue weighted by molar-refractivity contribution is 6.04. The van der Waals surface area contributed by atoms with Crippen molar-refractivity contribution in [1.29, 1.82) is 0 Å². The summed E-state index contributed by atoms with van der Waals surface area (Å²) < 4.78 is 16.3. The summed E-state index contributed by atoms with van der Waals surface area (Å²) in [7, 11) is 3.22. The average Bonchev–Trinajstić information content (AvgIpc) is 2.58.